The average Bonchev–Trinajstić information content (AvgIpc) is 2.44. The summed E-state index contributed by atoms with van der Waals surface area (Å²) in [5, 5.41) is 2.95. The number of carbonyl (C=O) groups is 1. The predicted molar refractivity (Wildman–Crippen MR) is 81.8 cm³/mol. The molecule has 112 valence electrons. The number of nitrogens with zero attached hydrogens (tertiary/aromatic N) is 1. The molecule has 0 bridgehead atoms. The van der Waals surface area contributed by atoms with Crippen molar-refractivity contribution in [2.24, 2.45) is 0 Å². The summed E-state index contributed by atoms with van der Waals surface area (Å²) < 4.78 is 4.99. The summed E-state index contributed by atoms with van der Waals surface area (Å²) in [5.74, 6) is 0. The molecular weight excluding hydrogens is 252 g/mol. The molecule has 0 aromatic heterocycles. The van der Waals surface area contributed by atoms with E-state index in [1.165, 1.54) is 11.1 Å². The Morgan fingerprint density at radius 2 is 2.00 bits per heavy atom. The quantitative estimate of drug-likeness (QED) is 0.743. The highest BCUT2D eigenvalue weighted by Crippen LogP contribution is 2.09. The Morgan fingerprint density at radius 1 is 1.25 bits per heavy atom. The van der Waals surface area contributed by atoms with E-state index < -0.39 is 0 Å². The average molecular weight is 278 g/mol. The molecule has 0 unspecified atom stereocenters. The van der Waals surface area contributed by atoms with Crippen LogP contribution in [0.2, 0.25) is 0 Å². The molecule has 0 aliphatic carbocycles. The van der Waals surface area contributed by atoms with Gasteiger partial charge in [0.05, 0.1) is 0 Å². The van der Waals surface area contributed by atoms with Crippen LogP contribution in [0.1, 0.15) is 30.4 Å². The van der Waals surface area contributed by atoms with Crippen molar-refractivity contribution in [1.29, 1.82) is 0 Å². The molecule has 20 heavy (non-hydrogen) atoms. The normalized spacial score (nSPS) is 10.3. The van der Waals surface area contributed by atoms with Crippen LogP contribution >= 0.6 is 0 Å². The topological polar surface area (TPSA) is 41.6 Å². The molecule has 1 aromatic rings. The first-order valence-corrected chi connectivity index (χ1v) is 7.17. The molecule has 0 fully saturated rings. The van der Waals surface area contributed by atoms with Crippen molar-refractivity contribution in [1.82, 2.24) is 10.2 Å². The van der Waals surface area contributed by atoms with Gasteiger partial charge in [0.1, 0.15) is 0 Å². The van der Waals surface area contributed by atoms with Gasteiger partial charge in [-0.05, 0) is 37.3 Å². The van der Waals surface area contributed by atoms with Crippen molar-refractivity contribution in [2.75, 3.05) is 27.3 Å². The van der Waals surface area contributed by atoms with Crippen molar-refractivity contribution in [3.63, 3.8) is 0 Å². The highest BCUT2D eigenvalue weighted by molar-refractivity contribution is 5.73. The second-order valence-corrected chi connectivity index (χ2v) is 5.07. The number of amides is 2. The van der Waals surface area contributed by atoms with Gasteiger partial charge >= 0.3 is 6.03 Å². The van der Waals surface area contributed by atoms with E-state index in [1.54, 1.807) is 12.0 Å². The van der Waals surface area contributed by atoms with Gasteiger partial charge in [-0.3, -0.25) is 0 Å². The van der Waals surface area contributed by atoms with Gasteiger partial charge in [-0.1, -0.05) is 24.3 Å². The molecule has 0 saturated heterocycles. The molecule has 0 atom stereocenters. The van der Waals surface area contributed by atoms with E-state index >= 15 is 0 Å². The van der Waals surface area contributed by atoms with Crippen LogP contribution in [0.15, 0.2) is 24.3 Å². The lowest BCUT2D eigenvalue weighted by Gasteiger charge is -2.19. The summed E-state index contributed by atoms with van der Waals surface area (Å²) >= 11 is 0. The minimum Gasteiger partial charge on any atom is -0.385 e. The number of nitrogens with one attached hydrogen (secondary N) is 1. The third-order valence-electron chi connectivity index (χ3n) is 3.32. The first kappa shape index (κ1) is 16.5. The zero-order valence-electron chi connectivity index (χ0n) is 12.8. The van der Waals surface area contributed by atoms with Crippen LogP contribution in [0, 0.1) is 6.92 Å². The maximum atomic E-state index is 11.9. The van der Waals surface area contributed by atoms with Crippen molar-refractivity contribution >= 4 is 6.03 Å². The number of ether oxygens (including phenoxy) is 1. The fourth-order valence-corrected chi connectivity index (χ4v) is 1.99. The number of aryl methyl sites for hydroxylation is 1. The van der Waals surface area contributed by atoms with E-state index in [2.05, 4.69) is 24.4 Å². The zero-order valence-corrected chi connectivity index (χ0v) is 12.8. The lowest BCUT2D eigenvalue weighted by Crippen LogP contribution is -2.37. The fraction of sp³-hybridized carbons (Fsp3) is 0.562. The van der Waals surface area contributed by atoms with Crippen LogP contribution in [0.4, 0.5) is 4.79 Å². The Hall–Kier alpha value is -1.55. The van der Waals surface area contributed by atoms with Gasteiger partial charge in [-0.15, -0.1) is 0 Å². The molecule has 1 N–H and O–H groups in total. The molecule has 0 radical (unpaired) electrons. The number of carbonyl (C=O) groups excluding carboxylic acids is 1. The van der Waals surface area contributed by atoms with Crippen molar-refractivity contribution in [2.45, 2.75) is 32.7 Å². The number of benzene rings is 1. The predicted octanol–water partition coefficient (Wildman–Crippen LogP) is 2.95. The number of unbranched alkanes of at least 4 members (excludes halogenated alkanes) is 2. The molecule has 4 nitrogen and oxygen atoms in total. The smallest absolute Gasteiger partial charge is 0.317 e. The van der Waals surface area contributed by atoms with E-state index in [9.17, 15) is 4.79 Å². The van der Waals surface area contributed by atoms with Crippen LogP contribution in [0.3, 0.4) is 0 Å². The van der Waals surface area contributed by atoms with Gasteiger partial charge in [0.2, 0.25) is 0 Å². The van der Waals surface area contributed by atoms with Crippen LogP contribution in [0.25, 0.3) is 0 Å². The van der Waals surface area contributed by atoms with Crippen LogP contribution in [-0.2, 0) is 11.3 Å². The molecule has 1 aromatic carbocycles. The number of hydrogen-bond acceptors (Lipinski definition) is 2. The van der Waals surface area contributed by atoms with Gasteiger partial charge < -0.3 is 15.0 Å². The minimum atomic E-state index is -0.0139. The van der Waals surface area contributed by atoms with Gasteiger partial charge in [0, 0.05) is 33.9 Å². The van der Waals surface area contributed by atoms with E-state index in [1.807, 2.05) is 19.2 Å². The number of hydrogen-bond donors (Lipinski definition) is 1. The van der Waals surface area contributed by atoms with Crippen LogP contribution in [-0.4, -0.2) is 38.2 Å². The summed E-state index contributed by atoms with van der Waals surface area (Å²) in [5.41, 5.74) is 2.40. The summed E-state index contributed by atoms with van der Waals surface area (Å²) in [6.45, 7) is 4.22. The Bertz CT molecular complexity index is 407. The number of methoxy groups -OCH3 is 1. The first-order valence-electron chi connectivity index (χ1n) is 7.17. The molecule has 0 aliphatic heterocycles. The summed E-state index contributed by atoms with van der Waals surface area (Å²) in [6, 6.07) is 8.13. The molecule has 4 heteroatoms. The molecule has 1 rings (SSSR count). The lowest BCUT2D eigenvalue weighted by atomic mass is 10.1. The molecular formula is C16H26N2O2. The molecule has 0 aliphatic rings. The Balaban J connectivity index is 2.24. The SMILES string of the molecule is COCCCCCNC(=O)N(C)Cc1ccccc1C. The summed E-state index contributed by atoms with van der Waals surface area (Å²) in [4.78, 5) is 13.7. The van der Waals surface area contributed by atoms with Gasteiger partial charge in [-0.25, -0.2) is 4.79 Å². The first-order chi connectivity index (χ1) is 9.65. The lowest BCUT2D eigenvalue weighted by molar-refractivity contribution is 0.191. The van der Waals surface area contributed by atoms with Crippen molar-refractivity contribution in [3.05, 3.63) is 35.4 Å². The number of rotatable bonds is 8. The van der Waals surface area contributed by atoms with Gasteiger partial charge in [0.15, 0.2) is 0 Å². The maximum Gasteiger partial charge on any atom is 0.317 e. The van der Waals surface area contributed by atoms with E-state index in [-0.39, 0.29) is 6.03 Å². The largest absolute Gasteiger partial charge is 0.385 e. The van der Waals surface area contributed by atoms with Gasteiger partial charge in [0.25, 0.3) is 0 Å². The molecule has 2 amide bonds. The zero-order chi connectivity index (χ0) is 14.8. The van der Waals surface area contributed by atoms with E-state index in [0.717, 1.165) is 32.4 Å². The highest BCUT2D eigenvalue weighted by Gasteiger charge is 2.09. The van der Waals surface area contributed by atoms with Crippen molar-refractivity contribution in [3.8, 4) is 0 Å². The van der Waals surface area contributed by atoms with E-state index in [0.29, 0.717) is 6.54 Å². The Labute approximate surface area is 122 Å². The fourth-order valence-electron chi connectivity index (χ4n) is 1.99. The number of urea groups is 1. The minimum absolute atomic E-state index is 0.0139. The Kier molecular flexibility index (Phi) is 7.73. The molecule has 0 saturated carbocycles. The standard InChI is InChI=1S/C16H26N2O2/c1-14-9-5-6-10-15(14)13-18(2)16(19)17-11-7-4-8-12-20-3/h5-6,9-10H,4,7-8,11-13H2,1-3H3,(H,17,19). The Morgan fingerprint density at radius 3 is 2.70 bits per heavy atom. The van der Waals surface area contributed by atoms with Crippen molar-refractivity contribution < 1.29 is 9.53 Å². The molecule has 0 spiro atoms. The summed E-state index contributed by atoms with van der Waals surface area (Å²) in [6.07, 6.45) is 3.12. The molecule has 0 heterocycles. The third-order valence-corrected chi connectivity index (χ3v) is 3.32. The third kappa shape index (κ3) is 6.06. The monoisotopic (exact) mass is 278 g/mol. The highest BCUT2D eigenvalue weighted by atomic mass is 16.5. The van der Waals surface area contributed by atoms with Crippen LogP contribution < -0.4 is 5.32 Å². The second kappa shape index (κ2) is 9.37. The van der Waals surface area contributed by atoms with Crippen LogP contribution in [0.5, 0.6) is 0 Å². The summed E-state index contributed by atoms with van der Waals surface area (Å²) in [7, 11) is 3.54. The second-order valence-electron chi connectivity index (χ2n) is 5.07. The van der Waals surface area contributed by atoms with Gasteiger partial charge in [-0.2, -0.15) is 0 Å². The maximum absolute atomic E-state index is 11.9. The van der Waals surface area contributed by atoms with E-state index in [4.69, 9.17) is 4.74 Å².